The SMILES string of the molecule is C[C@@H](Oc1nc(-c2cnn(C3CC3)c2)cc2ncn(C)c12)C1CNC(=O)C1. The Balaban J connectivity index is 1.51. The van der Waals surface area contributed by atoms with Gasteiger partial charge < -0.3 is 14.6 Å². The zero-order valence-corrected chi connectivity index (χ0v) is 15.4. The van der Waals surface area contributed by atoms with Gasteiger partial charge in [-0.3, -0.25) is 9.48 Å². The maximum Gasteiger partial charge on any atom is 0.241 e. The van der Waals surface area contributed by atoms with Crippen molar-refractivity contribution in [1.29, 1.82) is 0 Å². The van der Waals surface area contributed by atoms with Gasteiger partial charge in [0.1, 0.15) is 11.6 Å². The fourth-order valence-corrected chi connectivity index (χ4v) is 3.61. The van der Waals surface area contributed by atoms with Gasteiger partial charge in [0.25, 0.3) is 0 Å². The first kappa shape index (κ1) is 16.3. The summed E-state index contributed by atoms with van der Waals surface area (Å²) in [5.41, 5.74) is 3.46. The molecule has 0 aromatic carbocycles. The summed E-state index contributed by atoms with van der Waals surface area (Å²) in [5.74, 6) is 0.771. The Morgan fingerprint density at radius 1 is 1.37 bits per heavy atom. The van der Waals surface area contributed by atoms with E-state index in [0.29, 0.717) is 24.9 Å². The highest BCUT2D eigenvalue weighted by atomic mass is 16.5. The minimum absolute atomic E-state index is 0.0790. The number of aryl methyl sites for hydroxylation is 1. The molecule has 5 rings (SSSR count). The summed E-state index contributed by atoms with van der Waals surface area (Å²) in [4.78, 5) is 20.8. The standard InChI is InChI=1S/C19H22N6O2/c1-11(12-5-17(26)20-7-12)27-19-18-16(21-10-24(18)2)6-15(23-19)13-8-22-25(9-13)14-3-4-14/h6,8-12,14H,3-5,7H2,1-2H3,(H,20,26)/t11-,12?/m1/s1. The minimum Gasteiger partial charge on any atom is -0.473 e. The van der Waals surface area contributed by atoms with Crippen LogP contribution >= 0.6 is 0 Å². The lowest BCUT2D eigenvalue weighted by molar-refractivity contribution is -0.119. The Morgan fingerprint density at radius 2 is 2.22 bits per heavy atom. The number of aromatic nitrogens is 5. The van der Waals surface area contributed by atoms with Gasteiger partial charge in [-0.25, -0.2) is 9.97 Å². The zero-order chi connectivity index (χ0) is 18.5. The third-order valence-electron chi connectivity index (χ3n) is 5.45. The average molecular weight is 366 g/mol. The molecule has 1 N–H and O–H groups in total. The fraction of sp³-hybridized carbons (Fsp3) is 0.474. The molecule has 1 aliphatic heterocycles. The quantitative estimate of drug-likeness (QED) is 0.747. The number of pyridine rings is 1. The van der Waals surface area contributed by atoms with E-state index in [1.54, 1.807) is 6.33 Å². The minimum atomic E-state index is -0.126. The monoisotopic (exact) mass is 366 g/mol. The molecule has 0 bridgehead atoms. The molecule has 1 saturated carbocycles. The van der Waals surface area contributed by atoms with Crippen molar-refractivity contribution >= 4 is 16.9 Å². The van der Waals surface area contributed by atoms with Crippen molar-refractivity contribution in [3.8, 4) is 17.1 Å². The van der Waals surface area contributed by atoms with Gasteiger partial charge in [0, 0.05) is 37.7 Å². The number of hydrogen-bond donors (Lipinski definition) is 1. The number of nitrogens with zero attached hydrogens (tertiary/aromatic N) is 5. The van der Waals surface area contributed by atoms with Gasteiger partial charge in [-0.1, -0.05) is 0 Å². The highest BCUT2D eigenvalue weighted by Crippen LogP contribution is 2.36. The summed E-state index contributed by atoms with van der Waals surface area (Å²) in [6, 6.07) is 2.50. The normalized spacial score (nSPS) is 20.8. The first-order valence-corrected chi connectivity index (χ1v) is 9.38. The van der Waals surface area contributed by atoms with Gasteiger partial charge in [0.2, 0.25) is 11.8 Å². The van der Waals surface area contributed by atoms with Crippen LogP contribution in [0.15, 0.2) is 24.8 Å². The molecule has 2 fully saturated rings. The van der Waals surface area contributed by atoms with Crippen LogP contribution in [0.5, 0.6) is 5.88 Å². The smallest absolute Gasteiger partial charge is 0.241 e. The molecule has 4 heterocycles. The van der Waals surface area contributed by atoms with E-state index in [4.69, 9.17) is 9.72 Å². The third kappa shape index (κ3) is 2.94. The van der Waals surface area contributed by atoms with E-state index in [2.05, 4.69) is 15.4 Å². The Kier molecular flexibility index (Phi) is 3.66. The van der Waals surface area contributed by atoms with E-state index in [-0.39, 0.29) is 17.9 Å². The number of carbonyl (C=O) groups excluding carboxylic acids is 1. The van der Waals surface area contributed by atoms with E-state index in [1.807, 2.05) is 41.7 Å². The molecule has 1 amide bonds. The summed E-state index contributed by atoms with van der Waals surface area (Å²) in [6.45, 7) is 2.63. The molecule has 8 nitrogen and oxygen atoms in total. The fourth-order valence-electron chi connectivity index (χ4n) is 3.61. The van der Waals surface area contributed by atoms with Crippen molar-refractivity contribution < 1.29 is 9.53 Å². The highest BCUT2D eigenvalue weighted by Gasteiger charge is 2.29. The summed E-state index contributed by atoms with van der Waals surface area (Å²) in [5, 5.41) is 7.33. The number of nitrogens with one attached hydrogen (secondary N) is 1. The van der Waals surface area contributed by atoms with Crippen LogP contribution in [0.25, 0.3) is 22.3 Å². The molecular formula is C19H22N6O2. The van der Waals surface area contributed by atoms with Crippen molar-refractivity contribution in [3.05, 3.63) is 24.8 Å². The van der Waals surface area contributed by atoms with Gasteiger partial charge >= 0.3 is 0 Å². The van der Waals surface area contributed by atoms with E-state index in [0.717, 1.165) is 22.3 Å². The van der Waals surface area contributed by atoms with E-state index < -0.39 is 0 Å². The maximum absolute atomic E-state index is 11.5. The molecule has 1 aliphatic carbocycles. The van der Waals surface area contributed by atoms with Gasteiger partial charge in [-0.15, -0.1) is 0 Å². The predicted octanol–water partition coefficient (Wildman–Crippen LogP) is 2.07. The highest BCUT2D eigenvalue weighted by molar-refractivity contribution is 5.84. The van der Waals surface area contributed by atoms with Crippen LogP contribution in [0.3, 0.4) is 0 Å². The number of amides is 1. The summed E-state index contributed by atoms with van der Waals surface area (Å²) in [7, 11) is 1.93. The van der Waals surface area contributed by atoms with Gasteiger partial charge in [0.05, 0.1) is 29.8 Å². The molecule has 1 unspecified atom stereocenters. The number of hydrogen-bond acceptors (Lipinski definition) is 5. The molecule has 2 atom stereocenters. The Labute approximate surface area is 156 Å². The molecule has 3 aromatic heterocycles. The van der Waals surface area contributed by atoms with Gasteiger partial charge in [0.15, 0.2) is 0 Å². The van der Waals surface area contributed by atoms with Gasteiger partial charge in [-0.2, -0.15) is 5.10 Å². The van der Waals surface area contributed by atoms with Crippen molar-refractivity contribution in [2.75, 3.05) is 6.54 Å². The van der Waals surface area contributed by atoms with E-state index in [1.165, 1.54) is 12.8 Å². The number of ether oxygens (including phenoxy) is 1. The summed E-state index contributed by atoms with van der Waals surface area (Å²) >= 11 is 0. The predicted molar refractivity (Wildman–Crippen MR) is 99.2 cm³/mol. The third-order valence-corrected chi connectivity index (χ3v) is 5.45. The lowest BCUT2D eigenvalue weighted by atomic mass is 10.0. The topological polar surface area (TPSA) is 86.9 Å². The Hall–Kier alpha value is -2.90. The molecule has 8 heteroatoms. The molecule has 0 spiro atoms. The molecule has 3 aromatic rings. The van der Waals surface area contributed by atoms with Gasteiger partial charge in [-0.05, 0) is 25.8 Å². The van der Waals surface area contributed by atoms with Crippen LogP contribution in [0.2, 0.25) is 0 Å². The second kappa shape index (κ2) is 6.07. The number of rotatable bonds is 5. The molecule has 2 aliphatic rings. The van der Waals surface area contributed by atoms with Crippen molar-refractivity contribution in [3.63, 3.8) is 0 Å². The van der Waals surface area contributed by atoms with E-state index in [9.17, 15) is 4.79 Å². The van der Waals surface area contributed by atoms with Crippen LogP contribution in [0, 0.1) is 5.92 Å². The summed E-state index contributed by atoms with van der Waals surface area (Å²) < 4.78 is 10.2. The lowest BCUT2D eigenvalue weighted by Gasteiger charge is -2.20. The molecule has 1 saturated heterocycles. The second-order valence-electron chi connectivity index (χ2n) is 7.57. The van der Waals surface area contributed by atoms with Crippen LogP contribution in [0.1, 0.15) is 32.2 Å². The van der Waals surface area contributed by atoms with E-state index >= 15 is 0 Å². The summed E-state index contributed by atoms with van der Waals surface area (Å²) in [6.07, 6.45) is 8.40. The van der Waals surface area contributed by atoms with Crippen molar-refractivity contribution in [2.45, 2.75) is 38.3 Å². The number of imidazole rings is 1. The van der Waals surface area contributed by atoms with Crippen LogP contribution in [0.4, 0.5) is 0 Å². The second-order valence-corrected chi connectivity index (χ2v) is 7.57. The number of carbonyl (C=O) groups is 1. The maximum atomic E-state index is 11.5. The Morgan fingerprint density at radius 3 is 2.96 bits per heavy atom. The number of fused-ring (bicyclic) bond motifs is 1. The molecular weight excluding hydrogens is 344 g/mol. The van der Waals surface area contributed by atoms with Crippen molar-refractivity contribution in [2.24, 2.45) is 13.0 Å². The van der Waals surface area contributed by atoms with Crippen LogP contribution in [-0.2, 0) is 11.8 Å². The first-order chi connectivity index (χ1) is 13.1. The average Bonchev–Trinajstić information content (AvgIpc) is 3.05. The molecule has 140 valence electrons. The van der Waals surface area contributed by atoms with Crippen molar-refractivity contribution in [1.82, 2.24) is 29.6 Å². The molecule has 27 heavy (non-hydrogen) atoms. The van der Waals surface area contributed by atoms with Crippen LogP contribution in [-0.4, -0.2) is 42.9 Å². The largest absolute Gasteiger partial charge is 0.473 e. The lowest BCUT2D eigenvalue weighted by Crippen LogP contribution is -2.26. The van der Waals surface area contributed by atoms with Crippen LogP contribution < -0.4 is 10.1 Å². The Bertz CT molecular complexity index is 1020. The zero-order valence-electron chi connectivity index (χ0n) is 15.4. The first-order valence-electron chi connectivity index (χ1n) is 9.38. The molecule has 0 radical (unpaired) electrons.